The molecule has 2 rings (SSSR count). The molecule has 176 valence electrons. The number of unbranched alkanes of at least 4 members (excludes halogenated alkanes) is 1. The molecule has 0 saturated heterocycles. The Hall–Kier alpha value is -4.23. The van der Waals surface area contributed by atoms with E-state index in [2.05, 4.69) is 46.3 Å². The van der Waals surface area contributed by atoms with Gasteiger partial charge in [0.05, 0.1) is 29.9 Å². The third kappa shape index (κ3) is 6.40. The van der Waals surface area contributed by atoms with Crippen LogP contribution in [0.4, 0.5) is 22.9 Å². The van der Waals surface area contributed by atoms with Gasteiger partial charge in [-0.2, -0.15) is 20.9 Å². The Morgan fingerprint density at radius 3 is 2.59 bits per heavy atom. The molecule has 0 aliphatic carbocycles. The summed E-state index contributed by atoms with van der Waals surface area (Å²) in [5.74, 6) is -0.155. The summed E-state index contributed by atoms with van der Waals surface area (Å²) >= 11 is 0. The number of benzene rings is 1. The van der Waals surface area contributed by atoms with Crippen molar-refractivity contribution in [3.05, 3.63) is 29.5 Å². The molecule has 1 atom stereocenters. The van der Waals surface area contributed by atoms with Crippen molar-refractivity contribution in [2.24, 2.45) is 10.2 Å². The maximum atomic E-state index is 11.9. The number of carbonyl (C=O) groups is 1. The number of azo groups is 1. The number of nitrogens with one attached hydrogen (secondary N) is 1. The molecule has 2 aromatic rings. The Bertz CT molecular complexity index is 1160. The fourth-order valence-corrected chi connectivity index (χ4v) is 3.43. The minimum atomic E-state index is -0.249. The second kappa shape index (κ2) is 12.7. The minimum absolute atomic E-state index is 0.0844. The monoisotopic (exact) mass is 459 g/mol. The van der Waals surface area contributed by atoms with Crippen molar-refractivity contribution in [1.29, 1.82) is 15.8 Å². The van der Waals surface area contributed by atoms with Gasteiger partial charge >= 0.3 is 0 Å². The summed E-state index contributed by atoms with van der Waals surface area (Å²) in [6.45, 7) is 8.62. The molecule has 1 aromatic carbocycles. The maximum Gasteiger partial charge on any atom is 0.221 e. The predicted octanol–water partition coefficient (Wildman–Crippen LogP) is 5.12. The zero-order valence-electron chi connectivity index (χ0n) is 20.0. The lowest BCUT2D eigenvalue weighted by Crippen LogP contribution is -2.33. The molecular weight excluding hydrogens is 430 g/mol. The average Bonchev–Trinajstić information content (AvgIpc) is 3.14. The average molecular weight is 460 g/mol. The molecule has 1 N–H and O–H groups in total. The van der Waals surface area contributed by atoms with E-state index in [9.17, 15) is 10.1 Å². The van der Waals surface area contributed by atoms with Crippen molar-refractivity contribution in [2.45, 2.75) is 66.0 Å². The first kappa shape index (κ1) is 26.0. The van der Waals surface area contributed by atoms with Gasteiger partial charge in [-0.25, -0.2) is 4.68 Å². The molecule has 0 saturated carbocycles. The van der Waals surface area contributed by atoms with Gasteiger partial charge in [0, 0.05) is 25.2 Å². The SMILES string of the molecule is CCCCN(c1ccc(N=Nc2c(C#N)c(CC#N)nn2CC#N)c(NC(C)=O)c1)C(C)CC. The van der Waals surface area contributed by atoms with E-state index in [-0.39, 0.29) is 35.9 Å². The van der Waals surface area contributed by atoms with E-state index in [0.29, 0.717) is 17.4 Å². The molecule has 0 radical (unpaired) electrons. The summed E-state index contributed by atoms with van der Waals surface area (Å²) < 4.78 is 1.25. The zero-order valence-corrected chi connectivity index (χ0v) is 20.0. The van der Waals surface area contributed by atoms with Gasteiger partial charge in [-0.3, -0.25) is 4.79 Å². The number of hydrogen-bond acceptors (Lipinski definition) is 8. The van der Waals surface area contributed by atoms with Crippen molar-refractivity contribution in [1.82, 2.24) is 9.78 Å². The highest BCUT2D eigenvalue weighted by Crippen LogP contribution is 2.34. The van der Waals surface area contributed by atoms with Gasteiger partial charge in [0.1, 0.15) is 23.9 Å². The Kier molecular flexibility index (Phi) is 9.73. The number of aromatic nitrogens is 2. The molecular formula is C24H29N9O. The van der Waals surface area contributed by atoms with Crippen LogP contribution in [-0.4, -0.2) is 28.3 Å². The molecule has 0 aliphatic heterocycles. The quantitative estimate of drug-likeness (QED) is 0.461. The fourth-order valence-electron chi connectivity index (χ4n) is 3.43. The highest BCUT2D eigenvalue weighted by atomic mass is 16.1. The number of carbonyl (C=O) groups excluding carboxylic acids is 1. The van der Waals surface area contributed by atoms with Crippen LogP contribution in [0.5, 0.6) is 0 Å². The molecule has 0 aliphatic rings. The van der Waals surface area contributed by atoms with Crippen LogP contribution >= 0.6 is 0 Å². The van der Waals surface area contributed by atoms with Crippen LogP contribution in [0.3, 0.4) is 0 Å². The van der Waals surface area contributed by atoms with Crippen LogP contribution < -0.4 is 10.2 Å². The van der Waals surface area contributed by atoms with E-state index in [1.54, 1.807) is 6.07 Å². The molecule has 1 amide bonds. The highest BCUT2D eigenvalue weighted by molar-refractivity contribution is 5.93. The Morgan fingerprint density at radius 2 is 2.00 bits per heavy atom. The smallest absolute Gasteiger partial charge is 0.221 e. The largest absolute Gasteiger partial charge is 0.369 e. The lowest BCUT2D eigenvalue weighted by atomic mass is 10.1. The molecule has 0 fully saturated rings. The highest BCUT2D eigenvalue weighted by Gasteiger charge is 2.19. The lowest BCUT2D eigenvalue weighted by Gasteiger charge is -2.31. The van der Waals surface area contributed by atoms with Crippen molar-refractivity contribution in [3.8, 4) is 18.2 Å². The first-order valence-corrected chi connectivity index (χ1v) is 11.2. The maximum absolute atomic E-state index is 11.9. The summed E-state index contributed by atoms with van der Waals surface area (Å²) in [5.41, 5.74) is 2.19. The van der Waals surface area contributed by atoms with Gasteiger partial charge in [0.2, 0.25) is 5.91 Å². The summed E-state index contributed by atoms with van der Waals surface area (Å²) in [6.07, 6.45) is 3.01. The summed E-state index contributed by atoms with van der Waals surface area (Å²) in [5, 5.41) is 43.1. The van der Waals surface area contributed by atoms with E-state index < -0.39 is 0 Å². The lowest BCUT2D eigenvalue weighted by molar-refractivity contribution is -0.114. The third-order valence-corrected chi connectivity index (χ3v) is 5.33. The fraction of sp³-hybridized carbons (Fsp3) is 0.458. The van der Waals surface area contributed by atoms with E-state index in [0.717, 1.165) is 31.5 Å². The minimum Gasteiger partial charge on any atom is -0.369 e. The van der Waals surface area contributed by atoms with Crippen molar-refractivity contribution >= 4 is 28.8 Å². The second-order valence-corrected chi connectivity index (χ2v) is 7.79. The van der Waals surface area contributed by atoms with Crippen LogP contribution in [-0.2, 0) is 17.8 Å². The Balaban J connectivity index is 2.54. The van der Waals surface area contributed by atoms with Crippen LogP contribution in [0.25, 0.3) is 0 Å². The van der Waals surface area contributed by atoms with E-state index in [4.69, 9.17) is 10.5 Å². The topological polar surface area (TPSA) is 146 Å². The third-order valence-electron chi connectivity index (χ3n) is 5.33. The molecule has 0 bridgehead atoms. The zero-order chi connectivity index (χ0) is 25.1. The number of amides is 1. The van der Waals surface area contributed by atoms with Gasteiger partial charge < -0.3 is 10.2 Å². The standard InChI is InChI=1S/C24H29N9O/c1-5-7-13-32(17(3)6-2)19-8-9-22(23(15-19)28-18(4)34)29-30-24-20(16-27)21(10-11-25)31-33(24)14-12-26/h8-9,15,17H,5-7,10,13-14H2,1-4H3,(H,28,34). The summed E-state index contributed by atoms with van der Waals surface area (Å²) in [4.78, 5) is 14.2. The molecule has 10 heteroatoms. The van der Waals surface area contributed by atoms with Crippen LogP contribution in [0.1, 0.15) is 58.2 Å². The molecule has 34 heavy (non-hydrogen) atoms. The number of anilines is 2. The molecule has 1 unspecified atom stereocenters. The van der Waals surface area contributed by atoms with E-state index in [1.165, 1.54) is 11.6 Å². The van der Waals surface area contributed by atoms with Crippen molar-refractivity contribution < 1.29 is 4.79 Å². The van der Waals surface area contributed by atoms with Gasteiger partial charge in [0.15, 0.2) is 5.82 Å². The van der Waals surface area contributed by atoms with Crippen LogP contribution in [0, 0.1) is 34.0 Å². The Morgan fingerprint density at radius 1 is 1.24 bits per heavy atom. The second-order valence-electron chi connectivity index (χ2n) is 7.79. The van der Waals surface area contributed by atoms with Gasteiger partial charge in [-0.05, 0) is 38.0 Å². The number of hydrogen-bond donors (Lipinski definition) is 1. The predicted molar refractivity (Wildman–Crippen MR) is 129 cm³/mol. The number of nitrogens with zero attached hydrogens (tertiary/aromatic N) is 8. The van der Waals surface area contributed by atoms with Gasteiger partial charge in [0.25, 0.3) is 0 Å². The van der Waals surface area contributed by atoms with E-state index >= 15 is 0 Å². The van der Waals surface area contributed by atoms with Gasteiger partial charge in [-0.15, -0.1) is 10.2 Å². The molecule has 0 spiro atoms. The number of nitriles is 3. The molecule has 10 nitrogen and oxygen atoms in total. The van der Waals surface area contributed by atoms with Crippen LogP contribution in [0.2, 0.25) is 0 Å². The summed E-state index contributed by atoms with van der Waals surface area (Å²) in [6, 6.07) is 11.8. The first-order chi connectivity index (χ1) is 16.4. The van der Waals surface area contributed by atoms with Crippen LogP contribution in [0.15, 0.2) is 28.4 Å². The first-order valence-electron chi connectivity index (χ1n) is 11.2. The molecule has 1 aromatic heterocycles. The van der Waals surface area contributed by atoms with Gasteiger partial charge in [-0.1, -0.05) is 20.3 Å². The van der Waals surface area contributed by atoms with Crippen molar-refractivity contribution in [2.75, 3.05) is 16.8 Å². The number of rotatable bonds is 11. The normalized spacial score (nSPS) is 11.4. The Labute approximate surface area is 200 Å². The molecule has 1 heterocycles. The summed E-state index contributed by atoms with van der Waals surface area (Å²) in [7, 11) is 0. The van der Waals surface area contributed by atoms with Crippen molar-refractivity contribution in [3.63, 3.8) is 0 Å². The van der Waals surface area contributed by atoms with E-state index in [1.807, 2.05) is 30.3 Å².